The van der Waals surface area contributed by atoms with Gasteiger partial charge < -0.3 is 40.6 Å². The van der Waals surface area contributed by atoms with Crippen LogP contribution in [0.25, 0.3) is 10.8 Å². The maximum absolute atomic E-state index is 14.1. The summed E-state index contributed by atoms with van der Waals surface area (Å²) in [4.78, 5) is 52.9. The zero-order valence-electron chi connectivity index (χ0n) is 31.9. The molecule has 0 saturated heterocycles. The van der Waals surface area contributed by atoms with E-state index in [0.717, 1.165) is 22.1 Å². The molecule has 0 bridgehead atoms. The number of hydrogen-bond acceptors (Lipinski definition) is 8. The van der Waals surface area contributed by atoms with Crippen molar-refractivity contribution in [1.29, 1.82) is 0 Å². The fourth-order valence-corrected chi connectivity index (χ4v) is 6.20. The van der Waals surface area contributed by atoms with Crippen LogP contribution < -0.4 is 30.7 Å². The molecule has 0 heterocycles. The van der Waals surface area contributed by atoms with Gasteiger partial charge in [-0.25, -0.2) is 0 Å². The first-order chi connectivity index (χ1) is 27.2. The number of carbonyl (C=O) groups excluding carboxylic acids is 3. The highest BCUT2D eigenvalue weighted by atomic mass is 35.5. The highest BCUT2D eigenvalue weighted by Crippen LogP contribution is 2.29. The Morgan fingerprint density at radius 2 is 1.40 bits per heavy atom. The van der Waals surface area contributed by atoms with Gasteiger partial charge in [-0.2, -0.15) is 0 Å². The minimum atomic E-state index is -1.37. The van der Waals surface area contributed by atoms with Crippen LogP contribution >= 0.6 is 12.4 Å². The van der Waals surface area contributed by atoms with Gasteiger partial charge in [0.15, 0.2) is 0 Å². The maximum atomic E-state index is 14.1. The summed E-state index contributed by atoms with van der Waals surface area (Å²) in [5.74, 6) is -1.97. The number of ether oxygens (including phenoxy) is 3. The van der Waals surface area contributed by atoms with Crippen molar-refractivity contribution in [2.75, 3.05) is 33.9 Å². The number of hydrogen-bond donors (Lipinski definition) is 5. The largest absolute Gasteiger partial charge is 0.497 e. The second-order valence-corrected chi connectivity index (χ2v) is 13.2. The minimum Gasteiger partial charge on any atom is -0.497 e. The summed E-state index contributed by atoms with van der Waals surface area (Å²) in [6.07, 6.45) is 0.263. The van der Waals surface area contributed by atoms with Crippen LogP contribution in [0, 0.1) is 0 Å². The molecule has 3 amide bonds. The van der Waals surface area contributed by atoms with Gasteiger partial charge in [-0.15, -0.1) is 12.4 Å². The highest BCUT2D eigenvalue weighted by molar-refractivity contribution is 6.10. The number of amides is 3. The second-order valence-electron chi connectivity index (χ2n) is 13.2. The van der Waals surface area contributed by atoms with Crippen LogP contribution in [0.3, 0.4) is 0 Å². The number of carboxylic acids is 1. The van der Waals surface area contributed by atoms with Gasteiger partial charge >= 0.3 is 5.97 Å². The highest BCUT2D eigenvalue weighted by Gasteiger charge is 2.28. The molecule has 0 fully saturated rings. The molecule has 5 aromatic carbocycles. The first-order valence-electron chi connectivity index (χ1n) is 18.4. The number of benzene rings is 5. The molecule has 0 radical (unpaired) electrons. The van der Waals surface area contributed by atoms with Gasteiger partial charge in [0.05, 0.1) is 38.3 Å². The quantitative estimate of drug-likeness (QED) is 0.0679. The van der Waals surface area contributed by atoms with E-state index in [2.05, 4.69) is 21.3 Å². The molecule has 5 aromatic rings. The predicted octanol–water partition coefficient (Wildman–Crippen LogP) is 5.11. The lowest BCUT2D eigenvalue weighted by molar-refractivity contribution is -0.139. The van der Waals surface area contributed by atoms with Crippen LogP contribution in [0.15, 0.2) is 121 Å². The molecular weight excluding hydrogens is 748 g/mol. The number of halogens is 1. The minimum absolute atomic E-state index is 0. The Labute approximate surface area is 338 Å². The molecule has 3 atom stereocenters. The van der Waals surface area contributed by atoms with Crippen LogP contribution in [-0.2, 0) is 38.6 Å². The van der Waals surface area contributed by atoms with E-state index in [1.165, 1.54) is 0 Å². The molecule has 300 valence electrons. The topological polar surface area (TPSA) is 164 Å². The number of carbonyl (C=O) groups is 4. The summed E-state index contributed by atoms with van der Waals surface area (Å²) in [5, 5.41) is 22.5. The summed E-state index contributed by atoms with van der Waals surface area (Å²) in [7, 11) is 3.26. The Balaban J connectivity index is 0.00000720. The van der Waals surface area contributed by atoms with Gasteiger partial charge in [0.1, 0.15) is 30.2 Å². The first-order valence-corrected chi connectivity index (χ1v) is 18.4. The number of methoxy groups -OCH3 is 1. The van der Waals surface area contributed by atoms with Crippen LogP contribution in [-0.4, -0.2) is 80.8 Å². The smallest absolute Gasteiger partial charge is 0.305 e. The molecule has 0 aliphatic heterocycles. The molecule has 5 N–H and O–H groups in total. The molecule has 0 saturated carbocycles. The van der Waals surface area contributed by atoms with Crippen molar-refractivity contribution in [3.8, 4) is 11.5 Å². The van der Waals surface area contributed by atoms with E-state index in [9.17, 15) is 24.3 Å². The summed E-state index contributed by atoms with van der Waals surface area (Å²) in [6, 6.07) is 34.9. The van der Waals surface area contributed by atoms with Crippen LogP contribution in [0.5, 0.6) is 11.5 Å². The average Bonchev–Trinajstić information content (AvgIpc) is 3.21. The van der Waals surface area contributed by atoms with E-state index in [1.54, 1.807) is 32.4 Å². The Hall–Kier alpha value is -5.95. The number of nitrogens with one attached hydrogen (secondary N) is 4. The number of carboxylic acid groups (broad SMARTS) is 1. The van der Waals surface area contributed by atoms with E-state index < -0.39 is 42.3 Å². The number of aliphatic carboxylic acids is 1. The molecule has 0 aliphatic carbocycles. The van der Waals surface area contributed by atoms with Gasteiger partial charge in [-0.3, -0.25) is 19.2 Å². The van der Waals surface area contributed by atoms with E-state index in [4.69, 9.17) is 14.2 Å². The van der Waals surface area contributed by atoms with Crippen molar-refractivity contribution in [3.05, 3.63) is 144 Å². The van der Waals surface area contributed by atoms with Gasteiger partial charge in [0.2, 0.25) is 11.8 Å². The Morgan fingerprint density at radius 3 is 2.11 bits per heavy atom. The molecule has 12 nitrogen and oxygen atoms in total. The molecule has 5 rings (SSSR count). The van der Waals surface area contributed by atoms with Gasteiger partial charge in [0.25, 0.3) is 5.91 Å². The number of fused-ring (bicyclic) bond motifs is 1. The Kier molecular flexibility index (Phi) is 17.3. The van der Waals surface area contributed by atoms with Crippen LogP contribution in [0.2, 0.25) is 0 Å². The standard InChI is InChI=1S/C44H48N4O8.ClH/c1-45-38(29-55-27-32-14-7-4-8-15-32)43(52)47-34(24-30-12-5-3-6-13-30)28-56-39-21-20-33-17-9-10-19-36(33)41(39)44(53)48-37(26-40(49)50)42(51)46-23-22-31-16-11-18-35(25-31)54-2;/h3-21,25,34,37-38,45H,22-24,26-29H2,1-2H3,(H,46,51)(H,47,52)(H,48,53)(H,49,50);1H. The average molecular weight is 797 g/mol. The van der Waals surface area contributed by atoms with Crippen molar-refractivity contribution in [2.24, 2.45) is 0 Å². The fraction of sp³-hybridized carbons (Fsp3) is 0.273. The Bertz CT molecular complexity index is 2070. The summed E-state index contributed by atoms with van der Waals surface area (Å²) < 4.78 is 17.5. The van der Waals surface area contributed by atoms with Gasteiger partial charge in [-0.1, -0.05) is 103 Å². The third-order valence-electron chi connectivity index (χ3n) is 9.14. The third kappa shape index (κ3) is 13.3. The fourth-order valence-electron chi connectivity index (χ4n) is 6.20. The van der Waals surface area contributed by atoms with E-state index >= 15 is 0 Å². The van der Waals surface area contributed by atoms with Gasteiger partial charge in [-0.05, 0) is 65.6 Å². The summed E-state index contributed by atoms with van der Waals surface area (Å²) >= 11 is 0. The van der Waals surface area contributed by atoms with E-state index in [-0.39, 0.29) is 49.4 Å². The Morgan fingerprint density at radius 1 is 0.719 bits per heavy atom. The van der Waals surface area contributed by atoms with Crippen LogP contribution in [0.1, 0.15) is 33.5 Å². The number of rotatable bonds is 21. The maximum Gasteiger partial charge on any atom is 0.305 e. The summed E-state index contributed by atoms with van der Waals surface area (Å²) in [6.45, 7) is 0.692. The zero-order chi connectivity index (χ0) is 39.7. The van der Waals surface area contributed by atoms with Crippen LogP contribution in [0.4, 0.5) is 0 Å². The molecule has 3 unspecified atom stereocenters. The first kappa shape index (κ1) is 43.8. The lowest BCUT2D eigenvalue weighted by atomic mass is 10.0. The van der Waals surface area contributed by atoms with E-state index in [1.807, 2.05) is 103 Å². The predicted molar refractivity (Wildman–Crippen MR) is 221 cm³/mol. The van der Waals surface area contributed by atoms with Crippen molar-refractivity contribution in [3.63, 3.8) is 0 Å². The van der Waals surface area contributed by atoms with Crippen molar-refractivity contribution < 1.29 is 38.5 Å². The monoisotopic (exact) mass is 796 g/mol. The molecule has 57 heavy (non-hydrogen) atoms. The van der Waals surface area contributed by atoms with E-state index in [0.29, 0.717) is 30.6 Å². The summed E-state index contributed by atoms with van der Waals surface area (Å²) in [5.41, 5.74) is 3.01. The van der Waals surface area contributed by atoms with Crippen molar-refractivity contribution in [1.82, 2.24) is 21.3 Å². The molecule has 0 aromatic heterocycles. The molecule has 0 spiro atoms. The number of likely N-dealkylation sites (N-methyl/N-ethyl adjacent to an activating group) is 1. The van der Waals surface area contributed by atoms with Crippen molar-refractivity contribution in [2.45, 2.75) is 44.0 Å². The molecule has 0 aliphatic rings. The van der Waals surface area contributed by atoms with Crippen molar-refractivity contribution >= 4 is 46.9 Å². The lowest BCUT2D eigenvalue weighted by Crippen LogP contribution is -2.51. The molecule has 13 heteroatoms. The second kappa shape index (κ2) is 22.6. The van der Waals surface area contributed by atoms with Gasteiger partial charge in [0, 0.05) is 6.54 Å². The zero-order valence-corrected chi connectivity index (χ0v) is 32.8. The normalized spacial score (nSPS) is 12.3. The molecular formula is C44H49ClN4O8. The lowest BCUT2D eigenvalue weighted by Gasteiger charge is -2.24. The SMILES string of the molecule is CNC(COCc1ccccc1)C(=O)NC(COc1ccc2ccccc2c1C(=O)NC(CC(=O)O)C(=O)NCCc1cccc(OC)c1)Cc1ccccc1.Cl. The third-order valence-corrected chi connectivity index (χ3v) is 9.14.